The summed E-state index contributed by atoms with van der Waals surface area (Å²) in [5.41, 5.74) is 22.6. The Kier molecular flexibility index (Phi) is 4.80. The molecule has 2 atom stereocenters. The summed E-state index contributed by atoms with van der Waals surface area (Å²) in [6.45, 7) is 17.8. The maximum atomic E-state index is 8.70. The minimum absolute atomic E-state index is 0.0680. The van der Waals surface area contributed by atoms with E-state index in [4.69, 9.17) is 11.1 Å². The highest BCUT2D eigenvalue weighted by molar-refractivity contribution is 5.90. The van der Waals surface area contributed by atoms with E-state index >= 15 is 0 Å². The summed E-state index contributed by atoms with van der Waals surface area (Å²) in [4.78, 5) is 0. The first-order valence-electron chi connectivity index (χ1n) is 11.0. The van der Waals surface area contributed by atoms with Gasteiger partial charge >= 0.3 is 0 Å². The Balaban J connectivity index is 1.95. The standard InChI is InChI=1S/C28H34N2/c1-13-9-11-21-23(15(13)3)17(5)19(7)25(21)27(28(29)30)26-20(8)18(6)24-16(4)14(2)10-12-22(24)26/h9-12,25-27H,1-8H3,(H3,29,30). The van der Waals surface area contributed by atoms with Crippen LogP contribution in [0.2, 0.25) is 0 Å². The van der Waals surface area contributed by atoms with Crippen LogP contribution in [0.25, 0.3) is 11.1 Å². The third-order valence-corrected chi connectivity index (χ3v) is 8.15. The molecule has 0 amide bonds. The van der Waals surface area contributed by atoms with E-state index in [9.17, 15) is 0 Å². The molecule has 2 aliphatic carbocycles. The second-order valence-corrected chi connectivity index (χ2v) is 9.50. The summed E-state index contributed by atoms with van der Waals surface area (Å²) in [5, 5.41) is 8.70. The minimum Gasteiger partial charge on any atom is -0.387 e. The van der Waals surface area contributed by atoms with Gasteiger partial charge in [-0.1, -0.05) is 35.4 Å². The molecule has 3 N–H and O–H groups in total. The van der Waals surface area contributed by atoms with Crippen LogP contribution in [0.5, 0.6) is 0 Å². The van der Waals surface area contributed by atoms with E-state index < -0.39 is 0 Å². The Hall–Kier alpha value is -2.61. The molecule has 0 radical (unpaired) electrons. The maximum absolute atomic E-state index is 8.70. The van der Waals surface area contributed by atoms with Gasteiger partial charge in [0.05, 0.1) is 5.84 Å². The number of hydrogen-bond acceptors (Lipinski definition) is 1. The topological polar surface area (TPSA) is 49.9 Å². The molecular weight excluding hydrogens is 364 g/mol. The van der Waals surface area contributed by atoms with Gasteiger partial charge in [-0.05, 0) is 111 Å². The Labute approximate surface area is 181 Å². The van der Waals surface area contributed by atoms with Crippen molar-refractivity contribution < 1.29 is 0 Å². The van der Waals surface area contributed by atoms with Gasteiger partial charge in [-0.15, -0.1) is 0 Å². The summed E-state index contributed by atoms with van der Waals surface area (Å²) in [6, 6.07) is 9.02. The van der Waals surface area contributed by atoms with E-state index in [1.807, 2.05) is 0 Å². The average Bonchev–Trinajstić information content (AvgIpc) is 3.09. The average molecular weight is 399 g/mol. The molecule has 2 heteroatoms. The molecular formula is C28H34N2. The first-order valence-corrected chi connectivity index (χ1v) is 11.0. The van der Waals surface area contributed by atoms with Crippen molar-refractivity contribution in [2.75, 3.05) is 0 Å². The molecule has 0 spiro atoms. The van der Waals surface area contributed by atoms with E-state index in [1.165, 1.54) is 66.8 Å². The summed E-state index contributed by atoms with van der Waals surface area (Å²) >= 11 is 0. The molecule has 0 aromatic heterocycles. The molecule has 156 valence electrons. The molecule has 0 saturated carbocycles. The SMILES string of the molecule is CC1=C(C)C(C(C(=N)N)C2C(C)=C(C)c3c2ccc(C)c3C)c2ccc(C)c(C)c21. The summed E-state index contributed by atoms with van der Waals surface area (Å²) in [7, 11) is 0. The first kappa shape index (κ1) is 20.7. The van der Waals surface area contributed by atoms with Crippen molar-refractivity contribution in [1.82, 2.24) is 0 Å². The van der Waals surface area contributed by atoms with Crippen LogP contribution in [0.15, 0.2) is 35.4 Å². The number of nitrogens with two attached hydrogens (primary N) is 1. The van der Waals surface area contributed by atoms with Crippen LogP contribution >= 0.6 is 0 Å². The molecule has 2 unspecified atom stereocenters. The summed E-state index contributed by atoms with van der Waals surface area (Å²) in [6.07, 6.45) is 0. The minimum atomic E-state index is -0.0680. The van der Waals surface area contributed by atoms with Crippen molar-refractivity contribution >= 4 is 17.0 Å². The second kappa shape index (κ2) is 6.97. The molecule has 2 aromatic rings. The number of fused-ring (bicyclic) bond motifs is 2. The van der Waals surface area contributed by atoms with Crippen molar-refractivity contribution in [3.63, 3.8) is 0 Å². The van der Waals surface area contributed by atoms with Gasteiger partial charge in [-0.25, -0.2) is 0 Å². The molecule has 0 aliphatic heterocycles. The molecule has 0 bridgehead atoms. The van der Waals surface area contributed by atoms with Gasteiger partial charge < -0.3 is 5.73 Å². The molecule has 30 heavy (non-hydrogen) atoms. The summed E-state index contributed by atoms with van der Waals surface area (Å²) < 4.78 is 0. The Morgan fingerprint density at radius 1 is 0.700 bits per heavy atom. The van der Waals surface area contributed by atoms with Gasteiger partial charge in [0.1, 0.15) is 0 Å². The highest BCUT2D eigenvalue weighted by Crippen LogP contribution is 2.55. The van der Waals surface area contributed by atoms with Crippen molar-refractivity contribution in [1.29, 1.82) is 5.41 Å². The van der Waals surface area contributed by atoms with Gasteiger partial charge in [0.15, 0.2) is 0 Å². The number of allylic oxidation sites excluding steroid dienone is 4. The lowest BCUT2D eigenvalue weighted by Gasteiger charge is -2.32. The third-order valence-electron chi connectivity index (χ3n) is 8.15. The van der Waals surface area contributed by atoms with Crippen LogP contribution in [0.1, 0.15) is 84.0 Å². The third kappa shape index (κ3) is 2.66. The van der Waals surface area contributed by atoms with Crippen LogP contribution in [0, 0.1) is 39.0 Å². The van der Waals surface area contributed by atoms with Crippen molar-refractivity contribution in [2.45, 2.75) is 67.2 Å². The van der Waals surface area contributed by atoms with E-state index in [1.54, 1.807) is 0 Å². The van der Waals surface area contributed by atoms with Crippen LogP contribution in [0.3, 0.4) is 0 Å². The Bertz CT molecular complexity index is 1070. The second-order valence-electron chi connectivity index (χ2n) is 9.50. The highest BCUT2D eigenvalue weighted by atomic mass is 14.7. The Morgan fingerprint density at radius 3 is 1.40 bits per heavy atom. The number of amidine groups is 1. The largest absolute Gasteiger partial charge is 0.387 e. The molecule has 0 fully saturated rings. The van der Waals surface area contributed by atoms with Crippen molar-refractivity contribution in [2.24, 2.45) is 11.7 Å². The quantitative estimate of drug-likeness (QED) is 0.426. The van der Waals surface area contributed by atoms with Gasteiger partial charge in [0.2, 0.25) is 0 Å². The fourth-order valence-corrected chi connectivity index (χ4v) is 5.99. The fraction of sp³-hybridized carbons (Fsp3) is 0.393. The highest BCUT2D eigenvalue weighted by Gasteiger charge is 2.43. The van der Waals surface area contributed by atoms with E-state index in [-0.39, 0.29) is 17.8 Å². The zero-order valence-corrected chi connectivity index (χ0v) is 19.6. The van der Waals surface area contributed by atoms with E-state index in [0.717, 1.165) is 0 Å². The monoisotopic (exact) mass is 398 g/mol. The normalized spacial score (nSPS) is 21.2. The molecule has 0 heterocycles. The predicted octanol–water partition coefficient (Wildman–Crippen LogP) is 6.95. The fourth-order valence-electron chi connectivity index (χ4n) is 5.99. The van der Waals surface area contributed by atoms with Crippen molar-refractivity contribution in [3.05, 3.63) is 79.9 Å². The zero-order valence-electron chi connectivity index (χ0n) is 19.6. The molecule has 2 aromatic carbocycles. The Morgan fingerprint density at radius 2 is 1.07 bits per heavy atom. The lowest BCUT2D eigenvalue weighted by atomic mass is 9.71. The van der Waals surface area contributed by atoms with Crippen LogP contribution in [0.4, 0.5) is 0 Å². The number of aryl methyl sites for hydroxylation is 2. The predicted molar refractivity (Wildman–Crippen MR) is 129 cm³/mol. The van der Waals surface area contributed by atoms with Gasteiger partial charge in [-0.2, -0.15) is 0 Å². The van der Waals surface area contributed by atoms with Gasteiger partial charge in [0, 0.05) is 17.8 Å². The molecule has 0 saturated heterocycles. The molecule has 4 rings (SSSR count). The van der Waals surface area contributed by atoms with Gasteiger partial charge in [-0.3, -0.25) is 5.41 Å². The maximum Gasteiger partial charge on any atom is 0.0955 e. The van der Waals surface area contributed by atoms with E-state index in [2.05, 4.69) is 79.7 Å². The first-order chi connectivity index (χ1) is 14.1. The van der Waals surface area contributed by atoms with Gasteiger partial charge in [0.25, 0.3) is 0 Å². The van der Waals surface area contributed by atoms with Crippen LogP contribution < -0.4 is 5.73 Å². The summed E-state index contributed by atoms with van der Waals surface area (Å²) in [5.74, 6) is 0.525. The van der Waals surface area contributed by atoms with Crippen LogP contribution in [-0.4, -0.2) is 5.84 Å². The molecule has 2 aliphatic rings. The lowest BCUT2D eigenvalue weighted by Crippen LogP contribution is -2.33. The lowest BCUT2D eigenvalue weighted by molar-refractivity contribution is 0.529. The van der Waals surface area contributed by atoms with Crippen LogP contribution in [-0.2, 0) is 0 Å². The number of rotatable bonds is 3. The molecule has 2 nitrogen and oxygen atoms in total. The smallest absolute Gasteiger partial charge is 0.0955 e. The number of benzene rings is 2. The van der Waals surface area contributed by atoms with E-state index in [0.29, 0.717) is 5.84 Å². The number of hydrogen-bond donors (Lipinski definition) is 2. The number of nitrogens with one attached hydrogen (secondary N) is 1. The zero-order chi connectivity index (χ0) is 22.1. The van der Waals surface area contributed by atoms with Crippen molar-refractivity contribution in [3.8, 4) is 0 Å².